The van der Waals surface area contributed by atoms with Gasteiger partial charge in [-0.3, -0.25) is 0 Å². The van der Waals surface area contributed by atoms with E-state index in [9.17, 15) is 4.79 Å². The average Bonchev–Trinajstić information content (AvgIpc) is 2.49. The van der Waals surface area contributed by atoms with Crippen LogP contribution in [0.15, 0.2) is 54.6 Å². The zero-order chi connectivity index (χ0) is 15.1. The van der Waals surface area contributed by atoms with Gasteiger partial charge < -0.3 is 9.53 Å². The van der Waals surface area contributed by atoms with Crippen LogP contribution in [-0.4, -0.2) is 6.29 Å². The van der Waals surface area contributed by atoms with E-state index in [1.807, 2.05) is 24.3 Å². The van der Waals surface area contributed by atoms with Crippen LogP contribution >= 0.6 is 0 Å². The standard InChI is InChI=1S/C19H22O2/c1-19(2,11-12-20)18-10-6-9-17(13-18)15-21-14-16-7-4-3-5-8-16/h3-10,12-13H,11,14-15H2,1-2H3. The molecule has 2 rings (SSSR count). The molecular weight excluding hydrogens is 260 g/mol. The molecule has 0 aliphatic carbocycles. The minimum Gasteiger partial charge on any atom is -0.372 e. The molecule has 0 atom stereocenters. The smallest absolute Gasteiger partial charge is 0.120 e. The van der Waals surface area contributed by atoms with Crippen molar-refractivity contribution in [1.82, 2.24) is 0 Å². The Bertz CT molecular complexity index is 573. The van der Waals surface area contributed by atoms with Crippen molar-refractivity contribution in [2.45, 2.75) is 38.9 Å². The summed E-state index contributed by atoms with van der Waals surface area (Å²) in [5.74, 6) is 0. The van der Waals surface area contributed by atoms with Crippen LogP contribution in [0.5, 0.6) is 0 Å². The lowest BCUT2D eigenvalue weighted by Crippen LogP contribution is -2.17. The molecule has 110 valence electrons. The van der Waals surface area contributed by atoms with Crippen molar-refractivity contribution in [2.75, 3.05) is 0 Å². The molecule has 2 aromatic rings. The lowest BCUT2D eigenvalue weighted by Gasteiger charge is -2.23. The average molecular weight is 282 g/mol. The van der Waals surface area contributed by atoms with E-state index < -0.39 is 0 Å². The van der Waals surface area contributed by atoms with Crippen molar-refractivity contribution in [3.8, 4) is 0 Å². The van der Waals surface area contributed by atoms with Gasteiger partial charge in [-0.25, -0.2) is 0 Å². The van der Waals surface area contributed by atoms with E-state index in [4.69, 9.17) is 4.74 Å². The summed E-state index contributed by atoms with van der Waals surface area (Å²) >= 11 is 0. The SMILES string of the molecule is CC(C)(CC=O)c1cccc(COCc2ccccc2)c1. The maximum Gasteiger partial charge on any atom is 0.120 e. The molecular formula is C19H22O2. The van der Waals surface area contributed by atoms with Crippen LogP contribution in [0.4, 0.5) is 0 Å². The van der Waals surface area contributed by atoms with Crippen molar-refractivity contribution in [1.29, 1.82) is 0 Å². The second kappa shape index (κ2) is 7.19. The molecule has 0 heterocycles. The summed E-state index contributed by atoms with van der Waals surface area (Å²) in [6, 6.07) is 18.4. The van der Waals surface area contributed by atoms with Gasteiger partial charge >= 0.3 is 0 Å². The summed E-state index contributed by atoms with van der Waals surface area (Å²) in [6.07, 6.45) is 1.51. The number of aldehydes is 1. The molecule has 0 aliphatic rings. The molecule has 0 aromatic heterocycles. The third-order valence-electron chi connectivity index (χ3n) is 3.68. The number of benzene rings is 2. The van der Waals surface area contributed by atoms with Crippen LogP contribution in [0.1, 0.15) is 37.0 Å². The fraction of sp³-hybridized carbons (Fsp3) is 0.316. The van der Waals surface area contributed by atoms with Crippen molar-refractivity contribution < 1.29 is 9.53 Å². The minimum absolute atomic E-state index is 0.128. The Kier molecular flexibility index (Phi) is 5.29. The number of carbonyl (C=O) groups excluding carboxylic acids is 1. The van der Waals surface area contributed by atoms with E-state index >= 15 is 0 Å². The molecule has 2 aromatic carbocycles. The molecule has 2 nitrogen and oxygen atoms in total. The van der Waals surface area contributed by atoms with Gasteiger partial charge in [-0.05, 0) is 22.1 Å². The third kappa shape index (κ3) is 4.54. The van der Waals surface area contributed by atoms with E-state index in [0.717, 1.165) is 11.8 Å². The van der Waals surface area contributed by atoms with Gasteiger partial charge in [0.1, 0.15) is 6.29 Å². The Hall–Kier alpha value is -1.93. The van der Waals surface area contributed by atoms with Crippen LogP contribution in [0.3, 0.4) is 0 Å². The molecule has 0 radical (unpaired) electrons. The molecule has 0 bridgehead atoms. The zero-order valence-electron chi connectivity index (χ0n) is 12.7. The molecule has 21 heavy (non-hydrogen) atoms. The summed E-state index contributed by atoms with van der Waals surface area (Å²) in [4.78, 5) is 10.8. The fourth-order valence-electron chi connectivity index (χ4n) is 2.27. The monoisotopic (exact) mass is 282 g/mol. The second-order valence-corrected chi connectivity index (χ2v) is 5.93. The first kappa shape index (κ1) is 15.5. The summed E-state index contributed by atoms with van der Waals surface area (Å²) in [6.45, 7) is 5.37. The molecule has 0 amide bonds. The van der Waals surface area contributed by atoms with Gasteiger partial charge in [-0.2, -0.15) is 0 Å². The van der Waals surface area contributed by atoms with Gasteiger partial charge in [0.05, 0.1) is 13.2 Å². The predicted octanol–water partition coefficient (Wildman–Crippen LogP) is 4.27. The Balaban J connectivity index is 1.96. The molecule has 2 heteroatoms. The largest absolute Gasteiger partial charge is 0.372 e. The van der Waals surface area contributed by atoms with E-state index in [2.05, 4.69) is 44.2 Å². The number of hydrogen-bond donors (Lipinski definition) is 0. The Labute approximate surface area is 126 Å². The number of hydrogen-bond acceptors (Lipinski definition) is 2. The van der Waals surface area contributed by atoms with Gasteiger partial charge in [0.25, 0.3) is 0 Å². The number of rotatable bonds is 7. The van der Waals surface area contributed by atoms with E-state index in [-0.39, 0.29) is 5.41 Å². The van der Waals surface area contributed by atoms with Gasteiger partial charge in [0, 0.05) is 6.42 Å². The predicted molar refractivity (Wildman–Crippen MR) is 85.1 cm³/mol. The molecule has 0 aliphatic heterocycles. The molecule has 0 saturated heterocycles. The lowest BCUT2D eigenvalue weighted by atomic mass is 9.81. The summed E-state index contributed by atoms with van der Waals surface area (Å²) in [5, 5.41) is 0. The van der Waals surface area contributed by atoms with Crippen LogP contribution in [-0.2, 0) is 28.2 Å². The highest BCUT2D eigenvalue weighted by molar-refractivity contribution is 5.53. The Morgan fingerprint density at radius 1 is 0.952 bits per heavy atom. The van der Waals surface area contributed by atoms with Gasteiger partial charge in [0.15, 0.2) is 0 Å². The van der Waals surface area contributed by atoms with E-state index in [0.29, 0.717) is 19.6 Å². The highest BCUT2D eigenvalue weighted by Gasteiger charge is 2.19. The van der Waals surface area contributed by atoms with Crippen molar-refractivity contribution in [2.24, 2.45) is 0 Å². The van der Waals surface area contributed by atoms with Crippen molar-refractivity contribution in [3.63, 3.8) is 0 Å². The Morgan fingerprint density at radius 3 is 2.33 bits per heavy atom. The van der Waals surface area contributed by atoms with Gasteiger partial charge in [-0.1, -0.05) is 68.4 Å². The zero-order valence-corrected chi connectivity index (χ0v) is 12.7. The summed E-state index contributed by atoms with van der Waals surface area (Å²) in [5.41, 5.74) is 3.37. The van der Waals surface area contributed by atoms with Crippen LogP contribution in [0.25, 0.3) is 0 Å². The topological polar surface area (TPSA) is 26.3 Å². The maximum atomic E-state index is 10.8. The minimum atomic E-state index is -0.128. The van der Waals surface area contributed by atoms with Crippen LogP contribution in [0, 0.1) is 0 Å². The first-order valence-corrected chi connectivity index (χ1v) is 7.26. The molecule has 0 saturated carbocycles. The molecule has 0 unspecified atom stereocenters. The van der Waals surface area contributed by atoms with Crippen LogP contribution < -0.4 is 0 Å². The molecule has 0 fully saturated rings. The quantitative estimate of drug-likeness (QED) is 0.709. The van der Waals surface area contributed by atoms with Gasteiger partial charge in [-0.15, -0.1) is 0 Å². The number of carbonyl (C=O) groups is 1. The lowest BCUT2D eigenvalue weighted by molar-refractivity contribution is -0.108. The molecule has 0 spiro atoms. The number of ether oxygens (including phenoxy) is 1. The second-order valence-electron chi connectivity index (χ2n) is 5.93. The normalized spacial score (nSPS) is 11.3. The van der Waals surface area contributed by atoms with E-state index in [1.54, 1.807) is 0 Å². The maximum absolute atomic E-state index is 10.8. The first-order valence-electron chi connectivity index (χ1n) is 7.26. The fourth-order valence-corrected chi connectivity index (χ4v) is 2.27. The van der Waals surface area contributed by atoms with Gasteiger partial charge in [0.2, 0.25) is 0 Å². The van der Waals surface area contributed by atoms with E-state index in [1.165, 1.54) is 11.1 Å². The van der Waals surface area contributed by atoms with Crippen molar-refractivity contribution in [3.05, 3.63) is 71.3 Å². The van der Waals surface area contributed by atoms with Crippen LogP contribution in [0.2, 0.25) is 0 Å². The summed E-state index contributed by atoms with van der Waals surface area (Å²) in [7, 11) is 0. The molecule has 0 N–H and O–H groups in total. The highest BCUT2D eigenvalue weighted by Crippen LogP contribution is 2.26. The Morgan fingerprint density at radius 2 is 1.62 bits per heavy atom. The van der Waals surface area contributed by atoms with Crippen molar-refractivity contribution >= 4 is 6.29 Å². The highest BCUT2D eigenvalue weighted by atomic mass is 16.5. The third-order valence-corrected chi connectivity index (χ3v) is 3.68. The summed E-state index contributed by atoms with van der Waals surface area (Å²) < 4.78 is 5.76. The first-order chi connectivity index (χ1) is 10.1.